The van der Waals surface area contributed by atoms with Gasteiger partial charge in [-0.3, -0.25) is 9.59 Å². The van der Waals surface area contributed by atoms with Crippen LogP contribution in [-0.4, -0.2) is 46.9 Å². The Morgan fingerprint density at radius 2 is 0.902 bits per heavy atom. The number of esters is 1. The van der Waals surface area contributed by atoms with E-state index in [0.717, 1.165) is 89.9 Å². The van der Waals surface area contributed by atoms with E-state index < -0.39 is 18.2 Å². The van der Waals surface area contributed by atoms with Gasteiger partial charge in [0.05, 0.1) is 25.2 Å². The van der Waals surface area contributed by atoms with Gasteiger partial charge in [-0.25, -0.2) is 0 Å². The van der Waals surface area contributed by atoms with Crippen molar-refractivity contribution in [2.24, 2.45) is 0 Å². The minimum atomic E-state index is -0.794. The molecule has 1 amide bonds. The van der Waals surface area contributed by atoms with Gasteiger partial charge in [0.15, 0.2) is 0 Å². The number of aliphatic hydroxyl groups is 2. The van der Waals surface area contributed by atoms with Gasteiger partial charge in [-0.2, -0.15) is 0 Å². The number of nitrogens with one attached hydrogen (secondary N) is 1. The molecule has 3 N–H and O–H groups in total. The van der Waals surface area contributed by atoms with E-state index in [1.54, 1.807) is 0 Å². The highest BCUT2D eigenvalue weighted by molar-refractivity contribution is 5.77. The summed E-state index contributed by atoms with van der Waals surface area (Å²) in [5.41, 5.74) is 0. The van der Waals surface area contributed by atoms with Gasteiger partial charge in [0.25, 0.3) is 0 Å². The van der Waals surface area contributed by atoms with Crippen molar-refractivity contribution in [3.63, 3.8) is 0 Å². The highest BCUT2D eigenvalue weighted by Gasteiger charge is 2.24. The third-order valence-corrected chi connectivity index (χ3v) is 12.0. The molecule has 3 atom stereocenters. The van der Waals surface area contributed by atoms with E-state index >= 15 is 0 Å². The molecule has 0 aliphatic rings. The van der Waals surface area contributed by atoms with Crippen LogP contribution >= 0.6 is 0 Å². The Bertz CT molecular complexity index is 1050. The summed E-state index contributed by atoms with van der Waals surface area (Å²) in [4.78, 5) is 26.2. The van der Waals surface area contributed by atoms with Gasteiger partial charge in [-0.15, -0.1) is 0 Å². The maximum atomic E-state index is 13.2. The summed E-state index contributed by atoms with van der Waals surface area (Å²) in [6, 6.07) is -0.709. The zero-order valence-electron chi connectivity index (χ0n) is 40.5. The number of ether oxygens (including phenoxy) is 1. The molecule has 0 fully saturated rings. The van der Waals surface area contributed by atoms with Crippen LogP contribution in [0.15, 0.2) is 48.6 Å². The highest BCUT2D eigenvalue weighted by atomic mass is 16.5. The lowest BCUT2D eigenvalue weighted by Gasteiger charge is -2.24. The van der Waals surface area contributed by atoms with Gasteiger partial charge < -0.3 is 20.3 Å². The van der Waals surface area contributed by atoms with Crippen LogP contribution in [0.25, 0.3) is 0 Å². The fourth-order valence-electron chi connectivity index (χ4n) is 7.96. The van der Waals surface area contributed by atoms with Gasteiger partial charge in [0.1, 0.15) is 6.10 Å². The summed E-state index contributed by atoms with van der Waals surface area (Å²) >= 11 is 0. The number of hydrogen-bond acceptors (Lipinski definition) is 5. The smallest absolute Gasteiger partial charge is 0.306 e. The first-order chi connectivity index (χ1) is 30.0. The number of rotatable bonds is 47. The molecule has 0 aliphatic heterocycles. The van der Waals surface area contributed by atoms with Gasteiger partial charge in [-0.05, 0) is 70.6 Å². The first-order valence-corrected chi connectivity index (χ1v) is 26.4. The molecule has 0 spiro atoms. The molecule has 0 saturated heterocycles. The first-order valence-electron chi connectivity index (χ1n) is 26.4. The molecular weight excluding hydrogens is 755 g/mol. The van der Waals surface area contributed by atoms with Crippen molar-refractivity contribution < 1.29 is 24.5 Å². The lowest BCUT2D eigenvalue weighted by Crippen LogP contribution is -2.46. The topological polar surface area (TPSA) is 95.9 Å². The number of amides is 1. The molecule has 6 heteroatoms. The molecule has 0 radical (unpaired) electrons. The first kappa shape index (κ1) is 58.8. The largest absolute Gasteiger partial charge is 0.462 e. The Hall–Kier alpha value is -2.18. The second-order valence-corrected chi connectivity index (χ2v) is 18.0. The van der Waals surface area contributed by atoms with E-state index in [4.69, 9.17) is 4.74 Å². The lowest BCUT2D eigenvalue weighted by atomic mass is 10.0. The minimum absolute atomic E-state index is 0.0614. The Balaban J connectivity index is 4.58. The Kier molecular flexibility index (Phi) is 47.1. The number of hydrogen-bond donors (Lipinski definition) is 3. The Morgan fingerprint density at radius 1 is 0.492 bits per heavy atom. The fraction of sp³-hybridized carbons (Fsp3) is 0.818. The zero-order valence-corrected chi connectivity index (χ0v) is 40.5. The fourth-order valence-corrected chi connectivity index (χ4v) is 7.96. The molecule has 6 nitrogen and oxygen atoms in total. The molecule has 3 unspecified atom stereocenters. The van der Waals surface area contributed by atoms with Crippen LogP contribution in [0.3, 0.4) is 0 Å². The van der Waals surface area contributed by atoms with Crippen LogP contribution in [0.1, 0.15) is 265 Å². The van der Waals surface area contributed by atoms with Crippen molar-refractivity contribution >= 4 is 11.9 Å². The van der Waals surface area contributed by atoms with Crippen LogP contribution in [0.2, 0.25) is 0 Å². The monoisotopic (exact) mass is 856 g/mol. The molecule has 0 aliphatic carbocycles. The molecule has 61 heavy (non-hydrogen) atoms. The van der Waals surface area contributed by atoms with Crippen molar-refractivity contribution in [1.29, 1.82) is 0 Å². The average Bonchev–Trinajstić information content (AvgIpc) is 3.25. The normalized spacial score (nSPS) is 13.6. The van der Waals surface area contributed by atoms with Crippen LogP contribution in [0.5, 0.6) is 0 Å². The molecule has 0 rings (SSSR count). The Morgan fingerprint density at radius 3 is 1.38 bits per heavy atom. The standard InChI is InChI=1S/C55H101NO5/c1-4-7-10-13-16-19-22-25-26-27-30-33-36-39-42-45-48-55(60)61-51(46-43-40-37-34-31-28-23-20-17-14-11-8-5-2)49-54(59)56-52(50-57)53(58)47-44-41-38-35-32-29-24-21-18-15-12-9-6-3/h8,11,14,17,20,23,26-27,51-53,57-58H,4-7,9-10,12-13,15-16,18-19,21-22,24-25,28-50H2,1-3H3,(H,56,59)/b11-8+,17-14+,23-20+,27-26+. The van der Waals surface area contributed by atoms with E-state index in [0.29, 0.717) is 19.3 Å². The number of allylic oxidation sites excluding steroid dienone is 8. The van der Waals surface area contributed by atoms with Crippen molar-refractivity contribution in [3.05, 3.63) is 48.6 Å². The molecule has 0 bridgehead atoms. The Labute approximate surface area is 378 Å². The van der Waals surface area contributed by atoms with E-state index in [1.807, 2.05) is 0 Å². The summed E-state index contributed by atoms with van der Waals surface area (Å²) in [7, 11) is 0. The lowest BCUT2D eigenvalue weighted by molar-refractivity contribution is -0.151. The van der Waals surface area contributed by atoms with E-state index in [1.165, 1.54) is 128 Å². The van der Waals surface area contributed by atoms with Crippen molar-refractivity contribution in [2.45, 2.75) is 283 Å². The molecule has 0 saturated carbocycles. The van der Waals surface area contributed by atoms with Crippen LogP contribution < -0.4 is 5.32 Å². The van der Waals surface area contributed by atoms with Crippen molar-refractivity contribution in [3.8, 4) is 0 Å². The van der Waals surface area contributed by atoms with Crippen LogP contribution in [-0.2, 0) is 14.3 Å². The summed E-state index contributed by atoms with van der Waals surface area (Å²) in [5.74, 6) is -0.498. The number of aliphatic hydroxyl groups excluding tert-OH is 2. The van der Waals surface area contributed by atoms with Crippen molar-refractivity contribution in [2.75, 3.05) is 6.61 Å². The second kappa shape index (κ2) is 48.8. The van der Waals surface area contributed by atoms with Gasteiger partial charge in [0.2, 0.25) is 5.91 Å². The van der Waals surface area contributed by atoms with E-state index in [2.05, 4.69) is 74.7 Å². The molecular formula is C55H101NO5. The number of carbonyl (C=O) groups excluding carboxylic acids is 2. The van der Waals surface area contributed by atoms with E-state index in [-0.39, 0.29) is 24.9 Å². The van der Waals surface area contributed by atoms with Gasteiger partial charge in [0, 0.05) is 6.42 Å². The van der Waals surface area contributed by atoms with Crippen LogP contribution in [0.4, 0.5) is 0 Å². The second-order valence-electron chi connectivity index (χ2n) is 18.0. The quantitative estimate of drug-likeness (QED) is 0.0245. The van der Waals surface area contributed by atoms with Gasteiger partial charge >= 0.3 is 5.97 Å². The maximum Gasteiger partial charge on any atom is 0.306 e. The molecule has 0 heterocycles. The summed E-state index contributed by atoms with van der Waals surface area (Å²) < 4.78 is 5.93. The predicted molar refractivity (Wildman–Crippen MR) is 264 cm³/mol. The third kappa shape index (κ3) is 44.2. The number of carbonyl (C=O) groups is 2. The van der Waals surface area contributed by atoms with Crippen molar-refractivity contribution in [1.82, 2.24) is 5.32 Å². The average molecular weight is 856 g/mol. The maximum absolute atomic E-state index is 13.2. The number of unbranched alkanes of at least 4 members (excludes halogenated alkanes) is 29. The summed E-state index contributed by atoms with van der Waals surface area (Å²) in [6.07, 6.45) is 58.8. The molecule has 0 aromatic heterocycles. The van der Waals surface area contributed by atoms with Crippen LogP contribution in [0, 0.1) is 0 Å². The zero-order chi connectivity index (χ0) is 44.5. The molecule has 356 valence electrons. The molecule has 0 aromatic rings. The summed E-state index contributed by atoms with van der Waals surface area (Å²) in [6.45, 7) is 6.35. The predicted octanol–water partition coefficient (Wildman–Crippen LogP) is 15.8. The van der Waals surface area contributed by atoms with E-state index in [9.17, 15) is 19.8 Å². The SMILES string of the molecule is CC/C=C/C=C/C=C/CCCCCCCC(CC(=O)NC(CO)C(O)CCCCCCCCCCCCCCC)OC(=O)CCCCCCC/C=C/CCCCCCCCC. The minimum Gasteiger partial charge on any atom is -0.462 e. The summed E-state index contributed by atoms with van der Waals surface area (Å²) in [5, 5.41) is 23.8. The van der Waals surface area contributed by atoms with Gasteiger partial charge in [-0.1, -0.05) is 230 Å². The molecule has 0 aromatic carbocycles. The third-order valence-electron chi connectivity index (χ3n) is 12.0. The highest BCUT2D eigenvalue weighted by Crippen LogP contribution is 2.18.